The summed E-state index contributed by atoms with van der Waals surface area (Å²) < 4.78 is 0. The van der Waals surface area contributed by atoms with E-state index in [-0.39, 0.29) is 0 Å². The van der Waals surface area contributed by atoms with Gasteiger partial charge in [0.25, 0.3) is 0 Å². The Labute approximate surface area is 58.0 Å². The first-order valence-electron chi connectivity index (χ1n) is 3.84. The molecule has 1 saturated heterocycles. The minimum atomic E-state index is 0.928. The van der Waals surface area contributed by atoms with Crippen LogP contribution in [0.1, 0.15) is 26.2 Å². The van der Waals surface area contributed by atoms with Crippen molar-refractivity contribution in [1.82, 2.24) is 4.90 Å². The van der Waals surface area contributed by atoms with Crippen molar-refractivity contribution >= 4 is 0 Å². The van der Waals surface area contributed by atoms with Crippen molar-refractivity contribution in [1.29, 1.82) is 0 Å². The molecule has 0 aromatic heterocycles. The van der Waals surface area contributed by atoms with Gasteiger partial charge in [-0.2, -0.15) is 0 Å². The van der Waals surface area contributed by atoms with Gasteiger partial charge in [-0.1, -0.05) is 6.92 Å². The molecule has 1 heteroatoms. The quantitative estimate of drug-likeness (QED) is 0.448. The number of hydrogen-bond acceptors (Lipinski definition) is 1. The molecule has 0 N–H and O–H groups in total. The Bertz CT molecular complexity index is 70.6. The van der Waals surface area contributed by atoms with E-state index in [2.05, 4.69) is 18.9 Å². The molecular weight excluding hydrogens is 110 g/mol. The fourth-order valence-electron chi connectivity index (χ4n) is 1.32. The van der Waals surface area contributed by atoms with Crippen molar-refractivity contribution in [2.75, 3.05) is 13.1 Å². The minimum absolute atomic E-state index is 0.928. The molecule has 1 rings (SSSR count). The van der Waals surface area contributed by atoms with Crippen LogP contribution in [-0.2, 0) is 0 Å². The van der Waals surface area contributed by atoms with E-state index in [1.54, 1.807) is 0 Å². The van der Waals surface area contributed by atoms with Crippen molar-refractivity contribution in [2.45, 2.75) is 26.2 Å². The molecule has 1 heterocycles. The summed E-state index contributed by atoms with van der Waals surface area (Å²) in [4.78, 5) is 2.18. The summed E-state index contributed by atoms with van der Waals surface area (Å²) in [5.41, 5.74) is 0. The van der Waals surface area contributed by atoms with Crippen LogP contribution < -0.4 is 0 Å². The molecule has 0 aromatic rings. The van der Waals surface area contributed by atoms with E-state index in [0.29, 0.717) is 0 Å². The molecule has 0 spiro atoms. The molecule has 0 aromatic carbocycles. The van der Waals surface area contributed by atoms with Gasteiger partial charge in [-0.15, -0.1) is 0 Å². The highest BCUT2D eigenvalue weighted by Gasteiger charge is 2.06. The van der Waals surface area contributed by atoms with Gasteiger partial charge >= 0.3 is 0 Å². The molecule has 1 fully saturated rings. The Morgan fingerprint density at radius 1 is 1.33 bits per heavy atom. The van der Waals surface area contributed by atoms with Gasteiger partial charge in [0.1, 0.15) is 0 Å². The van der Waals surface area contributed by atoms with Crippen LogP contribution in [0, 0.1) is 13.0 Å². The molecule has 0 bridgehead atoms. The molecule has 0 amide bonds. The Kier molecular flexibility index (Phi) is 2.52. The van der Waals surface area contributed by atoms with Crippen molar-refractivity contribution in [2.24, 2.45) is 5.92 Å². The molecular formula is C8H16N-. The molecule has 1 unspecified atom stereocenters. The van der Waals surface area contributed by atoms with E-state index in [9.17, 15) is 0 Å². The van der Waals surface area contributed by atoms with Crippen molar-refractivity contribution in [3.8, 4) is 0 Å². The first kappa shape index (κ1) is 7.07. The van der Waals surface area contributed by atoms with E-state index in [0.717, 1.165) is 5.92 Å². The van der Waals surface area contributed by atoms with Crippen LogP contribution in [0.15, 0.2) is 0 Å². The lowest BCUT2D eigenvalue weighted by Crippen LogP contribution is -2.15. The van der Waals surface area contributed by atoms with Crippen LogP contribution in [0.5, 0.6) is 0 Å². The maximum atomic E-state index is 3.93. The third kappa shape index (κ3) is 2.35. The zero-order valence-corrected chi connectivity index (χ0v) is 6.27. The second-order valence-electron chi connectivity index (χ2n) is 3.15. The lowest BCUT2D eigenvalue weighted by Gasteiger charge is -2.21. The van der Waals surface area contributed by atoms with Crippen molar-refractivity contribution in [3.05, 3.63) is 7.05 Å². The van der Waals surface area contributed by atoms with Gasteiger partial charge in [0.2, 0.25) is 0 Å². The molecule has 54 valence electrons. The van der Waals surface area contributed by atoms with E-state index in [1.165, 1.54) is 32.4 Å². The van der Waals surface area contributed by atoms with Crippen LogP contribution >= 0.6 is 0 Å². The first-order valence-corrected chi connectivity index (χ1v) is 3.84. The van der Waals surface area contributed by atoms with Gasteiger partial charge in [0.05, 0.1) is 0 Å². The lowest BCUT2D eigenvalue weighted by molar-refractivity contribution is 0.379. The average Bonchev–Trinajstić information content (AvgIpc) is 1.97. The van der Waals surface area contributed by atoms with Crippen LogP contribution in [-0.4, -0.2) is 18.0 Å². The maximum absolute atomic E-state index is 3.93. The van der Waals surface area contributed by atoms with Crippen LogP contribution in [0.25, 0.3) is 0 Å². The van der Waals surface area contributed by atoms with Gasteiger partial charge in [-0.3, -0.25) is 7.05 Å². The molecule has 0 aliphatic carbocycles. The third-order valence-corrected chi connectivity index (χ3v) is 2.11. The molecule has 1 nitrogen and oxygen atoms in total. The van der Waals surface area contributed by atoms with E-state index in [1.807, 2.05) is 0 Å². The summed E-state index contributed by atoms with van der Waals surface area (Å²) in [5.74, 6) is 0.928. The summed E-state index contributed by atoms with van der Waals surface area (Å²) in [6.45, 7) is 4.73. The van der Waals surface area contributed by atoms with Gasteiger partial charge in [0.15, 0.2) is 0 Å². The second kappa shape index (κ2) is 3.21. The molecule has 1 aliphatic heterocycles. The second-order valence-corrected chi connectivity index (χ2v) is 3.15. The highest BCUT2D eigenvalue weighted by molar-refractivity contribution is 4.65. The summed E-state index contributed by atoms with van der Waals surface area (Å²) in [6, 6.07) is 0. The van der Waals surface area contributed by atoms with E-state index < -0.39 is 0 Å². The summed E-state index contributed by atoms with van der Waals surface area (Å²) >= 11 is 0. The predicted octanol–water partition coefficient (Wildman–Crippen LogP) is 1.90. The van der Waals surface area contributed by atoms with Crippen molar-refractivity contribution < 1.29 is 0 Å². The number of rotatable bonds is 0. The van der Waals surface area contributed by atoms with Crippen LogP contribution in [0.4, 0.5) is 0 Å². The highest BCUT2D eigenvalue weighted by Crippen LogP contribution is 2.15. The maximum Gasteiger partial charge on any atom is -0.0301 e. The Balaban J connectivity index is 2.25. The summed E-state index contributed by atoms with van der Waals surface area (Å²) in [7, 11) is 3.93. The van der Waals surface area contributed by atoms with Gasteiger partial charge in [0, 0.05) is 0 Å². The minimum Gasteiger partial charge on any atom is -0.459 e. The predicted molar refractivity (Wildman–Crippen MR) is 39.9 cm³/mol. The molecule has 1 aliphatic rings. The summed E-state index contributed by atoms with van der Waals surface area (Å²) in [6.07, 6.45) is 4.07. The zero-order valence-electron chi connectivity index (χ0n) is 6.27. The zero-order chi connectivity index (χ0) is 6.69. The average molecular weight is 126 g/mol. The number of likely N-dealkylation sites (tertiary alicyclic amines) is 1. The fraction of sp³-hybridized carbons (Fsp3) is 0.875. The fourth-order valence-corrected chi connectivity index (χ4v) is 1.32. The lowest BCUT2D eigenvalue weighted by atomic mass is 10.0. The Morgan fingerprint density at radius 3 is 2.89 bits per heavy atom. The van der Waals surface area contributed by atoms with Gasteiger partial charge in [-0.25, -0.2) is 0 Å². The highest BCUT2D eigenvalue weighted by atomic mass is 15.1. The van der Waals surface area contributed by atoms with E-state index >= 15 is 0 Å². The van der Waals surface area contributed by atoms with Gasteiger partial charge in [-0.05, 0) is 38.3 Å². The standard InChI is InChI=1S/C8H16N/c1-8-4-3-6-9(2)7-5-8/h8H,2-7H2,1H3/q-1. The normalized spacial score (nSPS) is 32.0. The largest absolute Gasteiger partial charge is 0.459 e. The molecule has 0 radical (unpaired) electrons. The topological polar surface area (TPSA) is 3.24 Å². The molecule has 9 heavy (non-hydrogen) atoms. The molecule has 0 saturated carbocycles. The SMILES string of the molecule is [CH2-]N1CCCC(C)CC1. The monoisotopic (exact) mass is 126 g/mol. The van der Waals surface area contributed by atoms with Crippen molar-refractivity contribution in [3.63, 3.8) is 0 Å². The summed E-state index contributed by atoms with van der Waals surface area (Å²) in [5, 5.41) is 0. The van der Waals surface area contributed by atoms with E-state index in [4.69, 9.17) is 0 Å². The molecule has 1 atom stereocenters. The van der Waals surface area contributed by atoms with Gasteiger partial charge < -0.3 is 4.90 Å². The van der Waals surface area contributed by atoms with Crippen LogP contribution in [0.2, 0.25) is 0 Å². The van der Waals surface area contributed by atoms with Crippen LogP contribution in [0.3, 0.4) is 0 Å². The number of nitrogens with zero attached hydrogens (tertiary/aromatic N) is 1. The Hall–Kier alpha value is -0.0400. The smallest absolute Gasteiger partial charge is 0.0301 e. The number of hydrogen-bond donors (Lipinski definition) is 0. The Morgan fingerprint density at radius 2 is 2.11 bits per heavy atom. The first-order chi connectivity index (χ1) is 4.29. The third-order valence-electron chi connectivity index (χ3n) is 2.11.